The SMILES string of the molecule is COc1ccc(C2(SC)COc3cc(OC)ccc3C2CCCCCCCCCOS(C)(=O)=O)cc1. The van der Waals surface area contributed by atoms with Crippen LogP contribution in [0.15, 0.2) is 42.5 Å². The smallest absolute Gasteiger partial charge is 0.264 e. The van der Waals surface area contributed by atoms with Crippen LogP contribution in [0.1, 0.15) is 68.4 Å². The summed E-state index contributed by atoms with van der Waals surface area (Å²) in [6.45, 7) is 0.899. The highest BCUT2D eigenvalue weighted by molar-refractivity contribution is 7.99. The predicted molar refractivity (Wildman–Crippen MR) is 147 cm³/mol. The van der Waals surface area contributed by atoms with E-state index in [2.05, 4.69) is 24.5 Å². The number of hydrogen-bond acceptors (Lipinski definition) is 7. The molecule has 2 atom stereocenters. The normalized spacial score (nSPS) is 19.4. The highest BCUT2D eigenvalue weighted by Gasteiger charge is 2.45. The van der Waals surface area contributed by atoms with E-state index in [1.165, 1.54) is 24.0 Å². The lowest BCUT2D eigenvalue weighted by Gasteiger charge is -2.44. The molecule has 1 heterocycles. The summed E-state index contributed by atoms with van der Waals surface area (Å²) in [6, 6.07) is 14.6. The number of fused-ring (bicyclic) bond motifs is 1. The molecule has 1 aliphatic heterocycles. The number of benzene rings is 2. The summed E-state index contributed by atoms with van der Waals surface area (Å²) < 4.78 is 43.9. The maximum absolute atomic E-state index is 11.0. The van der Waals surface area contributed by atoms with E-state index in [-0.39, 0.29) is 11.4 Å². The first-order valence-electron chi connectivity index (χ1n) is 12.7. The van der Waals surface area contributed by atoms with Crippen molar-refractivity contribution < 1.29 is 26.8 Å². The van der Waals surface area contributed by atoms with Gasteiger partial charge in [0.05, 0.1) is 31.8 Å². The zero-order valence-corrected chi connectivity index (χ0v) is 23.6. The third-order valence-corrected chi connectivity index (χ3v) is 8.94. The molecule has 36 heavy (non-hydrogen) atoms. The summed E-state index contributed by atoms with van der Waals surface area (Å²) in [5, 5.41) is 0. The molecule has 0 saturated heterocycles. The van der Waals surface area contributed by atoms with Crippen molar-refractivity contribution in [3.05, 3.63) is 53.6 Å². The lowest BCUT2D eigenvalue weighted by atomic mass is 9.76. The average molecular weight is 537 g/mol. The molecule has 3 rings (SSSR count). The van der Waals surface area contributed by atoms with Gasteiger partial charge in [0.15, 0.2) is 0 Å². The summed E-state index contributed by atoms with van der Waals surface area (Å²) in [6.07, 6.45) is 11.9. The summed E-state index contributed by atoms with van der Waals surface area (Å²) in [7, 11) is 0.0539. The first-order chi connectivity index (χ1) is 17.3. The zero-order valence-electron chi connectivity index (χ0n) is 22.0. The fourth-order valence-electron chi connectivity index (χ4n) is 5.00. The van der Waals surface area contributed by atoms with Gasteiger partial charge < -0.3 is 14.2 Å². The Morgan fingerprint density at radius 1 is 0.917 bits per heavy atom. The summed E-state index contributed by atoms with van der Waals surface area (Å²) in [5.41, 5.74) is 2.51. The standard InChI is InChI=1S/C28H40O6S2/c1-31-23-15-13-22(14-16-23)28(35-3)21-33-27-20-24(32-2)17-18-25(27)26(28)12-10-8-6-5-7-9-11-19-34-36(4,29)30/h13-18,20,26H,5-12,19,21H2,1-4H3. The Morgan fingerprint density at radius 3 is 2.14 bits per heavy atom. The molecule has 1 aliphatic rings. The fourth-order valence-corrected chi connectivity index (χ4v) is 6.50. The fraction of sp³-hybridized carbons (Fsp3) is 0.571. The first-order valence-corrected chi connectivity index (χ1v) is 15.7. The van der Waals surface area contributed by atoms with E-state index in [0.717, 1.165) is 62.0 Å². The van der Waals surface area contributed by atoms with Gasteiger partial charge in [-0.2, -0.15) is 8.42 Å². The van der Waals surface area contributed by atoms with Crippen molar-refractivity contribution in [2.24, 2.45) is 0 Å². The number of rotatable bonds is 15. The molecule has 2 unspecified atom stereocenters. The summed E-state index contributed by atoms with van der Waals surface area (Å²) in [4.78, 5) is 0. The Hall–Kier alpha value is -1.90. The van der Waals surface area contributed by atoms with Crippen molar-refractivity contribution >= 4 is 21.9 Å². The molecular formula is C28H40O6S2. The van der Waals surface area contributed by atoms with Gasteiger partial charge in [-0.25, -0.2) is 0 Å². The van der Waals surface area contributed by atoms with Crippen molar-refractivity contribution in [2.45, 2.75) is 62.0 Å². The molecular weight excluding hydrogens is 496 g/mol. The Labute approximate surface area is 221 Å². The topological polar surface area (TPSA) is 71.1 Å². The first kappa shape index (κ1) is 28.7. The van der Waals surface area contributed by atoms with Crippen molar-refractivity contribution in [1.82, 2.24) is 0 Å². The molecule has 2 aromatic rings. The van der Waals surface area contributed by atoms with E-state index >= 15 is 0 Å². The largest absolute Gasteiger partial charge is 0.497 e. The molecule has 8 heteroatoms. The van der Waals surface area contributed by atoms with Gasteiger partial charge in [0, 0.05) is 12.0 Å². The van der Waals surface area contributed by atoms with Gasteiger partial charge in [-0.3, -0.25) is 4.18 Å². The predicted octanol–water partition coefficient (Wildman–Crippen LogP) is 6.54. The number of thioether (sulfide) groups is 1. The molecule has 0 radical (unpaired) electrons. The van der Waals surface area contributed by atoms with Crippen LogP contribution in [-0.2, 0) is 19.0 Å². The maximum Gasteiger partial charge on any atom is 0.264 e. The minimum absolute atomic E-state index is 0.173. The number of unbranched alkanes of at least 4 members (excludes halogenated alkanes) is 6. The van der Waals surface area contributed by atoms with Crippen LogP contribution < -0.4 is 14.2 Å². The number of methoxy groups -OCH3 is 2. The Balaban J connectivity index is 1.63. The van der Waals surface area contributed by atoms with Gasteiger partial charge in [0.2, 0.25) is 0 Å². The van der Waals surface area contributed by atoms with Gasteiger partial charge >= 0.3 is 0 Å². The number of ether oxygens (including phenoxy) is 3. The molecule has 0 aliphatic carbocycles. The van der Waals surface area contributed by atoms with E-state index in [4.69, 9.17) is 18.4 Å². The van der Waals surface area contributed by atoms with E-state index in [1.54, 1.807) is 14.2 Å². The number of hydrogen-bond donors (Lipinski definition) is 0. The van der Waals surface area contributed by atoms with Crippen molar-refractivity contribution in [3.8, 4) is 17.2 Å². The van der Waals surface area contributed by atoms with Gasteiger partial charge in [0.25, 0.3) is 10.1 Å². The molecule has 0 N–H and O–H groups in total. The van der Waals surface area contributed by atoms with Gasteiger partial charge in [0.1, 0.15) is 23.9 Å². The molecule has 0 spiro atoms. The second-order valence-electron chi connectivity index (χ2n) is 9.36. The van der Waals surface area contributed by atoms with Gasteiger partial charge in [-0.1, -0.05) is 56.7 Å². The summed E-state index contributed by atoms with van der Waals surface area (Å²) >= 11 is 1.87. The quantitative estimate of drug-likeness (QED) is 0.189. The van der Waals surface area contributed by atoms with Crippen LogP contribution in [0, 0.1) is 0 Å². The van der Waals surface area contributed by atoms with Crippen LogP contribution in [-0.4, -0.2) is 48.4 Å². The van der Waals surface area contributed by atoms with Crippen LogP contribution in [0.2, 0.25) is 0 Å². The highest BCUT2D eigenvalue weighted by atomic mass is 32.2. The average Bonchev–Trinajstić information content (AvgIpc) is 2.88. The third-order valence-electron chi connectivity index (χ3n) is 6.98. The monoisotopic (exact) mass is 536 g/mol. The highest BCUT2D eigenvalue weighted by Crippen LogP contribution is 2.55. The van der Waals surface area contributed by atoms with E-state index < -0.39 is 10.1 Å². The molecule has 2 aromatic carbocycles. The minimum atomic E-state index is -3.32. The molecule has 0 saturated carbocycles. The van der Waals surface area contributed by atoms with Crippen LogP contribution in [0.3, 0.4) is 0 Å². The maximum atomic E-state index is 11.0. The van der Waals surface area contributed by atoms with Crippen molar-refractivity contribution in [1.29, 1.82) is 0 Å². The van der Waals surface area contributed by atoms with E-state index in [9.17, 15) is 8.42 Å². The van der Waals surface area contributed by atoms with E-state index in [1.807, 2.05) is 36.0 Å². The lowest BCUT2D eigenvalue weighted by molar-refractivity contribution is 0.210. The second-order valence-corrected chi connectivity index (χ2v) is 12.1. The van der Waals surface area contributed by atoms with Gasteiger partial charge in [-0.05, 0) is 48.4 Å². The molecule has 0 aromatic heterocycles. The Bertz CT molecular complexity index is 1050. The van der Waals surface area contributed by atoms with E-state index in [0.29, 0.717) is 12.5 Å². The molecule has 6 nitrogen and oxygen atoms in total. The summed E-state index contributed by atoms with van der Waals surface area (Å²) in [5.74, 6) is 2.92. The minimum Gasteiger partial charge on any atom is -0.497 e. The van der Waals surface area contributed by atoms with Crippen molar-refractivity contribution in [2.75, 3.05) is 39.9 Å². The Kier molecular flexibility index (Phi) is 10.8. The van der Waals surface area contributed by atoms with Gasteiger partial charge in [-0.15, -0.1) is 11.8 Å². The van der Waals surface area contributed by atoms with Crippen LogP contribution in [0.4, 0.5) is 0 Å². The second kappa shape index (κ2) is 13.6. The van der Waals surface area contributed by atoms with Crippen LogP contribution in [0.5, 0.6) is 17.2 Å². The molecule has 0 amide bonds. The van der Waals surface area contributed by atoms with Crippen molar-refractivity contribution in [3.63, 3.8) is 0 Å². The van der Waals surface area contributed by atoms with Crippen LogP contribution in [0.25, 0.3) is 0 Å². The Morgan fingerprint density at radius 2 is 1.53 bits per heavy atom. The molecule has 0 bridgehead atoms. The molecule has 200 valence electrons. The zero-order chi connectivity index (χ0) is 26.0. The third kappa shape index (κ3) is 7.56. The lowest BCUT2D eigenvalue weighted by Crippen LogP contribution is -2.40. The molecule has 0 fully saturated rings. The van der Waals surface area contributed by atoms with Crippen LogP contribution >= 0.6 is 11.8 Å².